The van der Waals surface area contributed by atoms with Crippen molar-refractivity contribution in [3.63, 3.8) is 0 Å². The van der Waals surface area contributed by atoms with Gasteiger partial charge in [-0.15, -0.1) is 0 Å². The molecule has 1 heteroatoms. The van der Waals surface area contributed by atoms with Crippen molar-refractivity contribution in [3.8, 4) is 0 Å². The lowest BCUT2D eigenvalue weighted by molar-refractivity contribution is 0.733. The summed E-state index contributed by atoms with van der Waals surface area (Å²) in [6, 6.07) is 20.2. The van der Waals surface area contributed by atoms with Crippen LogP contribution in [0.25, 0.3) is 0 Å². The van der Waals surface area contributed by atoms with Crippen molar-refractivity contribution in [2.45, 2.75) is 19.3 Å². The molecule has 0 N–H and O–H groups in total. The highest BCUT2D eigenvalue weighted by Crippen LogP contribution is 2.58. The summed E-state index contributed by atoms with van der Waals surface area (Å²) in [6.07, 6.45) is 2.69. The Hall–Kier alpha value is -1.13. The van der Waals surface area contributed by atoms with Crippen LogP contribution in [-0.4, -0.2) is 12.8 Å². The molecular weight excluding hydrogens is 235 g/mol. The Kier molecular flexibility index (Phi) is 2.99. The molecule has 18 heavy (non-hydrogen) atoms. The van der Waals surface area contributed by atoms with Gasteiger partial charge in [0.1, 0.15) is 5.30 Å². The number of hydrogen-bond donors (Lipinski definition) is 0. The summed E-state index contributed by atoms with van der Waals surface area (Å²) in [5, 5.41) is 3.19. The first kappa shape index (κ1) is 11.9. The Morgan fingerprint density at radius 1 is 0.944 bits per heavy atom. The van der Waals surface area contributed by atoms with E-state index < -0.39 is 7.26 Å². The zero-order valence-corrected chi connectivity index (χ0v) is 12.0. The summed E-state index contributed by atoms with van der Waals surface area (Å²) in [6.45, 7) is 4.88. The van der Waals surface area contributed by atoms with Crippen molar-refractivity contribution >= 4 is 17.9 Å². The fourth-order valence-corrected chi connectivity index (χ4v) is 6.90. The van der Waals surface area contributed by atoms with Gasteiger partial charge in [0.25, 0.3) is 0 Å². The van der Waals surface area contributed by atoms with Crippen molar-refractivity contribution < 1.29 is 0 Å². The van der Waals surface area contributed by atoms with Gasteiger partial charge in [0.05, 0.1) is 25.4 Å². The highest BCUT2D eigenvalue weighted by molar-refractivity contribution is 7.89. The fraction of sp³-hybridized carbons (Fsp3) is 0.294. The van der Waals surface area contributed by atoms with Crippen LogP contribution in [0.3, 0.4) is 0 Å². The topological polar surface area (TPSA) is 0 Å². The molecule has 0 amide bonds. The molecule has 0 aliphatic carbocycles. The molecule has 2 atom stereocenters. The Balaban J connectivity index is 2.17. The van der Waals surface area contributed by atoms with Crippen LogP contribution in [0.5, 0.6) is 0 Å². The van der Waals surface area contributed by atoms with Crippen LogP contribution in [-0.2, 0) is 0 Å². The summed E-state index contributed by atoms with van der Waals surface area (Å²) in [5.74, 6) is 0.720. The molecule has 0 saturated heterocycles. The first-order valence-corrected chi connectivity index (χ1v) is 9.14. The molecule has 0 radical (unpaired) electrons. The van der Waals surface area contributed by atoms with E-state index >= 15 is 0 Å². The van der Waals surface area contributed by atoms with E-state index in [2.05, 4.69) is 68.2 Å². The van der Waals surface area contributed by atoms with E-state index in [0.29, 0.717) is 0 Å². The minimum atomic E-state index is -1.14. The average Bonchev–Trinajstić information content (AvgIpc) is 2.44. The third-order valence-corrected chi connectivity index (χ3v) is 8.40. The van der Waals surface area contributed by atoms with Crippen LogP contribution >= 0.6 is 7.26 Å². The molecule has 0 spiro atoms. The normalized spacial score (nSPS) is 26.7. The molecule has 1 aliphatic rings. The van der Waals surface area contributed by atoms with Crippen LogP contribution < -0.4 is 10.6 Å². The highest BCUT2D eigenvalue weighted by Gasteiger charge is 2.43. The molecular formula is C17H20P+. The molecule has 1 unspecified atom stereocenters. The first-order valence-electron chi connectivity index (χ1n) is 6.72. The van der Waals surface area contributed by atoms with Gasteiger partial charge in [-0.05, 0) is 36.1 Å². The van der Waals surface area contributed by atoms with Crippen molar-refractivity contribution in [1.29, 1.82) is 0 Å². The predicted octanol–water partition coefficient (Wildman–Crippen LogP) is 3.79. The number of benzene rings is 2. The molecule has 92 valence electrons. The second-order valence-electron chi connectivity index (χ2n) is 5.50. The Labute approximate surface area is 110 Å². The predicted molar refractivity (Wildman–Crippen MR) is 82.9 cm³/mol. The van der Waals surface area contributed by atoms with E-state index in [1.54, 1.807) is 16.2 Å². The largest absolute Gasteiger partial charge is 0.102 e. The van der Waals surface area contributed by atoms with Gasteiger partial charge >= 0.3 is 0 Å². The second-order valence-corrected chi connectivity index (χ2v) is 9.33. The zero-order valence-electron chi connectivity index (χ0n) is 11.1. The van der Waals surface area contributed by atoms with E-state index in [9.17, 15) is 0 Å². The van der Waals surface area contributed by atoms with Gasteiger partial charge in [-0.2, -0.15) is 0 Å². The summed E-state index contributed by atoms with van der Waals surface area (Å²) in [5.41, 5.74) is 1.59. The maximum absolute atomic E-state index is 2.51. The van der Waals surface area contributed by atoms with E-state index in [1.807, 2.05) is 0 Å². The molecule has 0 nitrogen and oxygen atoms in total. The van der Waals surface area contributed by atoms with E-state index in [1.165, 1.54) is 12.6 Å². The Morgan fingerprint density at radius 2 is 1.61 bits per heavy atom. The lowest BCUT2D eigenvalue weighted by Crippen LogP contribution is -2.31. The van der Waals surface area contributed by atoms with Crippen molar-refractivity contribution in [3.05, 3.63) is 60.2 Å². The molecule has 1 heterocycles. The van der Waals surface area contributed by atoms with Gasteiger partial charge in [0.2, 0.25) is 0 Å². The lowest BCUT2D eigenvalue weighted by Gasteiger charge is -2.32. The van der Waals surface area contributed by atoms with Gasteiger partial charge in [-0.25, -0.2) is 0 Å². The molecule has 0 saturated carbocycles. The second kappa shape index (κ2) is 4.52. The molecule has 1 aliphatic heterocycles. The van der Waals surface area contributed by atoms with Crippen LogP contribution in [0.4, 0.5) is 0 Å². The molecule has 2 aromatic rings. The van der Waals surface area contributed by atoms with E-state index in [0.717, 1.165) is 5.92 Å². The van der Waals surface area contributed by atoms with Gasteiger partial charge in [0, 0.05) is 0 Å². The Bertz CT molecular complexity index is 547. The van der Waals surface area contributed by atoms with Crippen molar-refractivity contribution in [1.82, 2.24) is 0 Å². The molecule has 0 aromatic heterocycles. The molecule has 0 fully saturated rings. The van der Waals surface area contributed by atoms with Gasteiger partial charge in [-0.3, -0.25) is 0 Å². The summed E-state index contributed by atoms with van der Waals surface area (Å²) in [7, 11) is -1.14. The van der Waals surface area contributed by atoms with Gasteiger partial charge in [0.15, 0.2) is 0 Å². The van der Waals surface area contributed by atoms with Crippen LogP contribution in [0.2, 0.25) is 0 Å². The smallest absolute Gasteiger partial charge is 0.0620 e. The fourth-order valence-electron chi connectivity index (χ4n) is 3.11. The maximum Gasteiger partial charge on any atom is 0.102 e. The maximum atomic E-state index is 2.51. The zero-order chi connectivity index (χ0) is 12.6. The van der Waals surface area contributed by atoms with Crippen molar-refractivity contribution in [2.75, 3.05) is 12.8 Å². The SMILES string of the molecule is C[C@H]1CC[P+](C)(c2ccccc2)c2ccccc21. The third kappa shape index (κ3) is 1.80. The van der Waals surface area contributed by atoms with Gasteiger partial charge in [-0.1, -0.05) is 43.3 Å². The standard InChI is InChI=1S/C17H20P/c1-14-12-13-18(2,15-8-4-3-5-9-15)17-11-7-6-10-16(14)17/h3-11,14H,12-13H2,1-2H3/q+1/t14-,18?/m0/s1. The quantitative estimate of drug-likeness (QED) is 0.680. The molecule has 0 bridgehead atoms. The van der Waals surface area contributed by atoms with E-state index in [4.69, 9.17) is 0 Å². The monoisotopic (exact) mass is 255 g/mol. The van der Waals surface area contributed by atoms with Gasteiger partial charge < -0.3 is 0 Å². The average molecular weight is 255 g/mol. The third-order valence-electron chi connectivity index (χ3n) is 4.33. The number of hydrogen-bond acceptors (Lipinski definition) is 0. The van der Waals surface area contributed by atoms with E-state index in [-0.39, 0.29) is 0 Å². The van der Waals surface area contributed by atoms with Crippen LogP contribution in [0, 0.1) is 0 Å². The first-order chi connectivity index (χ1) is 8.72. The number of rotatable bonds is 1. The van der Waals surface area contributed by atoms with Crippen LogP contribution in [0.1, 0.15) is 24.8 Å². The summed E-state index contributed by atoms with van der Waals surface area (Å²) in [4.78, 5) is 0. The minimum absolute atomic E-state index is 0.720. The molecule has 2 aromatic carbocycles. The lowest BCUT2D eigenvalue weighted by atomic mass is 9.98. The summed E-state index contributed by atoms with van der Waals surface area (Å²) < 4.78 is 0. The minimum Gasteiger partial charge on any atom is -0.0620 e. The number of fused-ring (bicyclic) bond motifs is 1. The van der Waals surface area contributed by atoms with Crippen LogP contribution in [0.15, 0.2) is 54.6 Å². The molecule has 3 rings (SSSR count). The Morgan fingerprint density at radius 3 is 2.39 bits per heavy atom. The summed E-state index contributed by atoms with van der Waals surface area (Å²) >= 11 is 0. The highest BCUT2D eigenvalue weighted by atomic mass is 31.2. The van der Waals surface area contributed by atoms with Crippen molar-refractivity contribution in [2.24, 2.45) is 0 Å².